The summed E-state index contributed by atoms with van der Waals surface area (Å²) in [4.78, 5) is 14.2. The van der Waals surface area contributed by atoms with Crippen LogP contribution in [0.3, 0.4) is 0 Å². The maximum atomic E-state index is 12.0. The quantitative estimate of drug-likeness (QED) is 0.844. The number of fused-ring (bicyclic) bond motifs is 1. The van der Waals surface area contributed by atoms with Crippen LogP contribution in [-0.4, -0.2) is 37.0 Å². The Morgan fingerprint density at radius 1 is 1.20 bits per heavy atom. The summed E-state index contributed by atoms with van der Waals surface area (Å²) >= 11 is 0. The Bertz CT molecular complexity index is 687. The van der Waals surface area contributed by atoms with Crippen molar-refractivity contribution in [3.05, 3.63) is 65.2 Å². The summed E-state index contributed by atoms with van der Waals surface area (Å²) < 4.78 is 5.96. The van der Waals surface area contributed by atoms with Crippen LogP contribution in [-0.2, 0) is 17.8 Å². The summed E-state index contributed by atoms with van der Waals surface area (Å²) in [7, 11) is 2.04. The molecular formula is C21H26N2O2. The molecule has 1 aliphatic heterocycles. The normalized spacial score (nSPS) is 15.7. The fraction of sp³-hybridized carbons (Fsp3) is 0.381. The Balaban J connectivity index is 1.35. The molecule has 1 heterocycles. The lowest BCUT2D eigenvalue weighted by molar-refractivity contribution is -0.121. The number of amides is 1. The molecule has 25 heavy (non-hydrogen) atoms. The van der Waals surface area contributed by atoms with Gasteiger partial charge >= 0.3 is 0 Å². The van der Waals surface area contributed by atoms with Crippen LogP contribution in [0, 0.1) is 6.92 Å². The van der Waals surface area contributed by atoms with Crippen LogP contribution >= 0.6 is 0 Å². The predicted octanol–water partition coefficient (Wildman–Crippen LogP) is 2.94. The third-order valence-corrected chi connectivity index (χ3v) is 4.56. The van der Waals surface area contributed by atoms with Crippen LogP contribution in [0.5, 0.6) is 5.75 Å². The standard InChI is InChI=1S/C21H26N2O2/c1-16-7-9-17(10-8-16)14-22-21(24)11-12-23(2)15-19-13-18-5-3-4-6-20(18)25-19/h3-10,19H,11-15H2,1-2H3,(H,22,24)/t19-/m0/s1. The summed E-state index contributed by atoms with van der Waals surface area (Å²) in [6, 6.07) is 16.4. The van der Waals surface area contributed by atoms with Crippen molar-refractivity contribution in [1.82, 2.24) is 10.2 Å². The molecule has 1 N–H and O–H groups in total. The highest BCUT2D eigenvalue weighted by atomic mass is 16.5. The van der Waals surface area contributed by atoms with Crippen molar-refractivity contribution in [2.45, 2.75) is 32.4 Å². The van der Waals surface area contributed by atoms with Crippen LogP contribution in [0.25, 0.3) is 0 Å². The lowest BCUT2D eigenvalue weighted by atomic mass is 10.1. The highest BCUT2D eigenvalue weighted by Crippen LogP contribution is 2.28. The van der Waals surface area contributed by atoms with E-state index in [-0.39, 0.29) is 12.0 Å². The average Bonchev–Trinajstić information content (AvgIpc) is 3.01. The van der Waals surface area contributed by atoms with Gasteiger partial charge in [0.1, 0.15) is 11.9 Å². The molecule has 4 nitrogen and oxygen atoms in total. The predicted molar refractivity (Wildman–Crippen MR) is 99.7 cm³/mol. The second-order valence-electron chi connectivity index (χ2n) is 6.83. The lowest BCUT2D eigenvalue weighted by Crippen LogP contribution is -2.35. The summed E-state index contributed by atoms with van der Waals surface area (Å²) in [5, 5.41) is 2.98. The van der Waals surface area contributed by atoms with Crippen LogP contribution in [0.2, 0.25) is 0 Å². The number of rotatable bonds is 7. The Morgan fingerprint density at radius 2 is 1.96 bits per heavy atom. The minimum atomic E-state index is 0.0862. The first-order valence-electron chi connectivity index (χ1n) is 8.85. The molecule has 0 unspecified atom stereocenters. The number of ether oxygens (including phenoxy) is 1. The van der Waals surface area contributed by atoms with Crippen LogP contribution in [0.15, 0.2) is 48.5 Å². The molecular weight excluding hydrogens is 312 g/mol. The Morgan fingerprint density at radius 3 is 2.72 bits per heavy atom. The molecule has 1 atom stereocenters. The third-order valence-electron chi connectivity index (χ3n) is 4.56. The van der Waals surface area contributed by atoms with E-state index >= 15 is 0 Å². The number of nitrogens with zero attached hydrogens (tertiary/aromatic N) is 1. The number of aryl methyl sites for hydroxylation is 1. The first-order valence-corrected chi connectivity index (χ1v) is 8.85. The summed E-state index contributed by atoms with van der Waals surface area (Å²) in [5.41, 5.74) is 3.63. The number of hydrogen-bond donors (Lipinski definition) is 1. The molecule has 0 saturated heterocycles. The smallest absolute Gasteiger partial charge is 0.221 e. The fourth-order valence-corrected chi connectivity index (χ4v) is 3.08. The first-order chi connectivity index (χ1) is 12.1. The molecule has 0 fully saturated rings. The Labute approximate surface area is 149 Å². The van der Waals surface area contributed by atoms with Crippen molar-refractivity contribution in [3.63, 3.8) is 0 Å². The molecule has 2 aromatic carbocycles. The van der Waals surface area contributed by atoms with Gasteiger partial charge in [0.25, 0.3) is 0 Å². The van der Waals surface area contributed by atoms with E-state index in [2.05, 4.69) is 47.5 Å². The summed E-state index contributed by atoms with van der Waals surface area (Å²) in [6.07, 6.45) is 1.63. The summed E-state index contributed by atoms with van der Waals surface area (Å²) in [6.45, 7) is 4.21. The Kier molecular flexibility index (Phi) is 5.71. The number of nitrogens with one attached hydrogen (secondary N) is 1. The van der Waals surface area contributed by atoms with Crippen LogP contribution in [0.1, 0.15) is 23.1 Å². The largest absolute Gasteiger partial charge is 0.488 e. The highest BCUT2D eigenvalue weighted by Gasteiger charge is 2.23. The van der Waals surface area contributed by atoms with Gasteiger partial charge in [-0.1, -0.05) is 48.0 Å². The SMILES string of the molecule is Cc1ccc(CNC(=O)CCN(C)C[C@@H]2Cc3ccccc3O2)cc1. The minimum absolute atomic E-state index is 0.0862. The molecule has 1 amide bonds. The first kappa shape index (κ1) is 17.5. The number of carbonyl (C=O) groups excluding carboxylic acids is 1. The molecule has 0 radical (unpaired) electrons. The van der Waals surface area contributed by atoms with E-state index in [4.69, 9.17) is 4.74 Å². The van der Waals surface area contributed by atoms with E-state index in [1.807, 2.05) is 25.2 Å². The second kappa shape index (κ2) is 8.17. The average molecular weight is 338 g/mol. The molecule has 2 aromatic rings. The molecule has 0 aliphatic carbocycles. The molecule has 3 rings (SSSR count). The zero-order valence-electron chi connectivity index (χ0n) is 15.0. The molecule has 0 aromatic heterocycles. The summed E-state index contributed by atoms with van der Waals surface area (Å²) in [5.74, 6) is 1.08. The number of likely N-dealkylation sites (N-methyl/N-ethyl adjacent to an activating group) is 1. The van der Waals surface area contributed by atoms with Gasteiger partial charge in [0.2, 0.25) is 5.91 Å². The molecule has 4 heteroatoms. The van der Waals surface area contributed by atoms with Crippen molar-refractivity contribution in [2.75, 3.05) is 20.1 Å². The zero-order chi connectivity index (χ0) is 17.6. The molecule has 0 saturated carbocycles. The van der Waals surface area contributed by atoms with Gasteiger partial charge in [-0.15, -0.1) is 0 Å². The van der Waals surface area contributed by atoms with E-state index in [9.17, 15) is 4.79 Å². The van der Waals surface area contributed by atoms with Crippen LogP contribution in [0.4, 0.5) is 0 Å². The maximum absolute atomic E-state index is 12.0. The third kappa shape index (κ3) is 5.07. The Hall–Kier alpha value is -2.33. The van der Waals surface area contributed by atoms with E-state index in [1.165, 1.54) is 11.1 Å². The number of para-hydroxylation sites is 1. The number of benzene rings is 2. The van der Waals surface area contributed by atoms with Gasteiger partial charge in [0.15, 0.2) is 0 Å². The lowest BCUT2D eigenvalue weighted by Gasteiger charge is -2.20. The van der Waals surface area contributed by atoms with Crippen molar-refractivity contribution >= 4 is 5.91 Å². The number of hydrogen-bond acceptors (Lipinski definition) is 3. The van der Waals surface area contributed by atoms with Gasteiger partial charge < -0.3 is 15.0 Å². The van der Waals surface area contributed by atoms with Crippen molar-refractivity contribution in [1.29, 1.82) is 0 Å². The van der Waals surface area contributed by atoms with E-state index in [0.29, 0.717) is 13.0 Å². The van der Waals surface area contributed by atoms with Crippen LogP contribution < -0.4 is 10.1 Å². The van der Waals surface area contributed by atoms with E-state index in [1.54, 1.807) is 0 Å². The van der Waals surface area contributed by atoms with E-state index in [0.717, 1.165) is 30.8 Å². The molecule has 0 spiro atoms. The topological polar surface area (TPSA) is 41.6 Å². The monoisotopic (exact) mass is 338 g/mol. The minimum Gasteiger partial charge on any atom is -0.488 e. The molecule has 1 aliphatic rings. The second-order valence-corrected chi connectivity index (χ2v) is 6.83. The molecule has 0 bridgehead atoms. The maximum Gasteiger partial charge on any atom is 0.221 e. The molecule has 132 valence electrons. The van der Waals surface area contributed by atoms with Gasteiger partial charge in [-0.05, 0) is 31.2 Å². The van der Waals surface area contributed by atoms with Gasteiger partial charge in [-0.2, -0.15) is 0 Å². The fourth-order valence-electron chi connectivity index (χ4n) is 3.08. The zero-order valence-corrected chi connectivity index (χ0v) is 15.0. The van der Waals surface area contributed by atoms with Gasteiger partial charge in [-0.3, -0.25) is 4.79 Å². The van der Waals surface area contributed by atoms with Gasteiger partial charge in [0, 0.05) is 32.5 Å². The van der Waals surface area contributed by atoms with E-state index < -0.39 is 0 Å². The van der Waals surface area contributed by atoms with Gasteiger partial charge in [0.05, 0.1) is 0 Å². The highest BCUT2D eigenvalue weighted by molar-refractivity contribution is 5.76. The van der Waals surface area contributed by atoms with Crippen molar-refractivity contribution < 1.29 is 9.53 Å². The van der Waals surface area contributed by atoms with Crippen molar-refractivity contribution in [3.8, 4) is 5.75 Å². The van der Waals surface area contributed by atoms with Crippen molar-refractivity contribution in [2.24, 2.45) is 0 Å². The number of carbonyl (C=O) groups is 1. The van der Waals surface area contributed by atoms with Gasteiger partial charge in [-0.25, -0.2) is 0 Å².